The molecule has 0 unspecified atom stereocenters. The van der Waals surface area contributed by atoms with Crippen molar-refractivity contribution in [2.24, 2.45) is 11.8 Å². The molecular weight excluding hydrogens is 298 g/mol. The van der Waals surface area contributed by atoms with Crippen LogP contribution in [-0.4, -0.2) is 61.9 Å². The number of esters is 1. The fraction of sp³-hybridized carbons (Fsp3) is 0.765. The van der Waals surface area contributed by atoms with E-state index in [2.05, 4.69) is 0 Å². The average Bonchev–Trinajstić information content (AvgIpc) is 3.16. The number of ether oxygens (including phenoxy) is 3. The highest BCUT2D eigenvalue weighted by Gasteiger charge is 2.67. The number of rotatable bonds is 8. The summed E-state index contributed by atoms with van der Waals surface area (Å²) in [6.45, 7) is 4.22. The van der Waals surface area contributed by atoms with Crippen molar-refractivity contribution in [1.82, 2.24) is 4.90 Å². The number of fused-ring (bicyclic) bond motifs is 1. The highest BCUT2D eigenvalue weighted by Crippen LogP contribution is 2.52. The van der Waals surface area contributed by atoms with Gasteiger partial charge in [0.15, 0.2) is 0 Å². The molecule has 2 saturated heterocycles. The average molecular weight is 323 g/mol. The standard InChI is InChI=1S/C17H25NO5/c1-3-4-10-22-16(20)13-12-6-7-17(23-12)11-18(8-5-9-21-2)15(19)14(13)17/h6-7,12-14H,3-5,8-11H2,1-2H3/t12-,13-,14-,17+/m0/s1. The number of likely N-dealkylation sites (tertiary alicyclic amines) is 1. The van der Waals surface area contributed by atoms with Crippen LogP contribution in [0.2, 0.25) is 0 Å². The van der Waals surface area contributed by atoms with Crippen LogP contribution in [0.1, 0.15) is 26.2 Å². The number of carbonyl (C=O) groups excluding carboxylic acids is 2. The highest BCUT2D eigenvalue weighted by atomic mass is 16.6. The minimum atomic E-state index is -0.636. The number of hydrogen-bond donors (Lipinski definition) is 0. The number of hydrogen-bond acceptors (Lipinski definition) is 5. The van der Waals surface area contributed by atoms with Gasteiger partial charge in [0, 0.05) is 20.3 Å². The summed E-state index contributed by atoms with van der Waals surface area (Å²) >= 11 is 0. The zero-order valence-corrected chi connectivity index (χ0v) is 13.8. The molecule has 3 heterocycles. The fourth-order valence-corrected chi connectivity index (χ4v) is 3.85. The molecule has 3 aliphatic heterocycles. The minimum Gasteiger partial charge on any atom is -0.465 e. The lowest BCUT2D eigenvalue weighted by Crippen LogP contribution is -2.40. The van der Waals surface area contributed by atoms with E-state index >= 15 is 0 Å². The van der Waals surface area contributed by atoms with Crippen LogP contribution in [0.25, 0.3) is 0 Å². The molecule has 0 N–H and O–H groups in total. The van der Waals surface area contributed by atoms with E-state index < -0.39 is 17.4 Å². The van der Waals surface area contributed by atoms with E-state index in [1.165, 1.54) is 0 Å². The monoisotopic (exact) mass is 323 g/mol. The Balaban J connectivity index is 1.69. The van der Waals surface area contributed by atoms with Crippen LogP contribution in [0.4, 0.5) is 0 Å². The number of carbonyl (C=O) groups is 2. The third-order valence-corrected chi connectivity index (χ3v) is 4.97. The van der Waals surface area contributed by atoms with Gasteiger partial charge in [-0.1, -0.05) is 25.5 Å². The number of nitrogens with zero attached hydrogens (tertiary/aromatic N) is 1. The van der Waals surface area contributed by atoms with Gasteiger partial charge in [0.25, 0.3) is 0 Å². The summed E-state index contributed by atoms with van der Waals surface area (Å²) < 4.78 is 16.4. The van der Waals surface area contributed by atoms with Crippen molar-refractivity contribution >= 4 is 11.9 Å². The Morgan fingerprint density at radius 3 is 3.00 bits per heavy atom. The third kappa shape index (κ3) is 2.78. The van der Waals surface area contributed by atoms with Crippen molar-refractivity contribution in [3.05, 3.63) is 12.2 Å². The smallest absolute Gasteiger partial charge is 0.312 e. The van der Waals surface area contributed by atoms with Gasteiger partial charge in [-0.15, -0.1) is 0 Å². The largest absolute Gasteiger partial charge is 0.465 e. The Bertz CT molecular complexity index is 505. The summed E-state index contributed by atoms with van der Waals surface area (Å²) in [5.74, 6) is -1.23. The molecule has 3 rings (SSSR count). The topological polar surface area (TPSA) is 65.1 Å². The van der Waals surface area contributed by atoms with E-state index in [4.69, 9.17) is 14.2 Å². The maximum atomic E-state index is 12.8. The van der Waals surface area contributed by atoms with Crippen molar-refractivity contribution in [3.63, 3.8) is 0 Å². The van der Waals surface area contributed by atoms with Gasteiger partial charge < -0.3 is 19.1 Å². The molecular formula is C17H25NO5. The molecule has 2 bridgehead atoms. The predicted octanol–water partition coefficient (Wildman–Crippen LogP) is 1.15. The lowest BCUT2D eigenvalue weighted by molar-refractivity contribution is -0.153. The molecule has 0 aromatic rings. The molecule has 6 nitrogen and oxygen atoms in total. The van der Waals surface area contributed by atoms with E-state index in [-0.39, 0.29) is 18.0 Å². The first kappa shape index (κ1) is 16.5. The van der Waals surface area contributed by atoms with Crippen molar-refractivity contribution in [3.8, 4) is 0 Å². The first-order valence-electron chi connectivity index (χ1n) is 8.44. The summed E-state index contributed by atoms with van der Waals surface area (Å²) in [6.07, 6.45) is 6.15. The highest BCUT2D eigenvalue weighted by molar-refractivity contribution is 5.91. The number of methoxy groups -OCH3 is 1. The molecule has 6 heteroatoms. The van der Waals surface area contributed by atoms with E-state index in [1.807, 2.05) is 19.1 Å². The SMILES string of the molecule is CCCCOC(=O)[C@H]1[C@@H]2C=C[C@]3(CN(CCCOC)C(=O)[C@H]13)O2. The van der Waals surface area contributed by atoms with Gasteiger partial charge in [0.2, 0.25) is 5.91 Å². The zero-order valence-electron chi connectivity index (χ0n) is 13.8. The van der Waals surface area contributed by atoms with E-state index in [0.29, 0.717) is 26.3 Å². The molecule has 0 aromatic heterocycles. The van der Waals surface area contributed by atoms with Crippen LogP contribution < -0.4 is 0 Å². The van der Waals surface area contributed by atoms with Crippen LogP contribution in [0.3, 0.4) is 0 Å². The molecule has 23 heavy (non-hydrogen) atoms. The maximum absolute atomic E-state index is 12.8. The van der Waals surface area contributed by atoms with Crippen molar-refractivity contribution in [1.29, 1.82) is 0 Å². The van der Waals surface area contributed by atoms with Crippen LogP contribution in [0, 0.1) is 11.8 Å². The van der Waals surface area contributed by atoms with Gasteiger partial charge >= 0.3 is 5.97 Å². The van der Waals surface area contributed by atoms with Crippen molar-refractivity contribution in [2.75, 3.05) is 33.4 Å². The molecule has 0 aromatic carbocycles. The molecule has 1 spiro atoms. The Morgan fingerprint density at radius 1 is 1.43 bits per heavy atom. The third-order valence-electron chi connectivity index (χ3n) is 4.97. The molecule has 1 amide bonds. The summed E-state index contributed by atoms with van der Waals surface area (Å²) in [5, 5.41) is 0. The van der Waals surface area contributed by atoms with Crippen LogP contribution in [0.15, 0.2) is 12.2 Å². The van der Waals surface area contributed by atoms with Crippen LogP contribution in [-0.2, 0) is 23.8 Å². The maximum Gasteiger partial charge on any atom is 0.312 e. The van der Waals surface area contributed by atoms with Crippen LogP contribution in [0.5, 0.6) is 0 Å². The lowest BCUT2D eigenvalue weighted by atomic mass is 9.77. The Morgan fingerprint density at radius 2 is 2.26 bits per heavy atom. The first-order valence-corrected chi connectivity index (χ1v) is 8.44. The minimum absolute atomic E-state index is 0.00499. The van der Waals surface area contributed by atoms with E-state index in [9.17, 15) is 9.59 Å². The van der Waals surface area contributed by atoms with Gasteiger partial charge in [0.05, 0.1) is 25.2 Å². The Hall–Kier alpha value is -1.40. The van der Waals surface area contributed by atoms with E-state index in [0.717, 1.165) is 19.3 Å². The van der Waals surface area contributed by atoms with Gasteiger partial charge in [-0.25, -0.2) is 0 Å². The molecule has 2 fully saturated rings. The Kier molecular flexibility index (Phi) is 4.73. The molecule has 4 atom stereocenters. The fourth-order valence-electron chi connectivity index (χ4n) is 3.85. The number of amides is 1. The zero-order chi connectivity index (χ0) is 16.4. The van der Waals surface area contributed by atoms with Crippen molar-refractivity contribution < 1.29 is 23.8 Å². The van der Waals surface area contributed by atoms with Gasteiger partial charge in [0.1, 0.15) is 11.5 Å². The summed E-state index contributed by atoms with van der Waals surface area (Å²) in [6, 6.07) is 0. The molecule has 3 aliphatic rings. The second kappa shape index (κ2) is 6.61. The normalized spacial score (nSPS) is 34.3. The predicted molar refractivity (Wildman–Crippen MR) is 82.7 cm³/mol. The van der Waals surface area contributed by atoms with E-state index in [1.54, 1.807) is 12.0 Å². The summed E-state index contributed by atoms with van der Waals surface area (Å²) in [5.41, 5.74) is -0.636. The molecule has 128 valence electrons. The molecule has 0 saturated carbocycles. The van der Waals surface area contributed by atoms with Gasteiger partial charge in [-0.3, -0.25) is 9.59 Å². The quantitative estimate of drug-likeness (QED) is 0.381. The Labute approximate surface area is 136 Å². The molecule has 0 radical (unpaired) electrons. The second-order valence-corrected chi connectivity index (χ2v) is 6.53. The number of unbranched alkanes of at least 4 members (excludes halogenated alkanes) is 1. The van der Waals surface area contributed by atoms with Crippen molar-refractivity contribution in [2.45, 2.75) is 37.9 Å². The summed E-state index contributed by atoms with van der Waals surface area (Å²) in [4.78, 5) is 27.0. The van der Waals surface area contributed by atoms with Gasteiger partial charge in [-0.2, -0.15) is 0 Å². The van der Waals surface area contributed by atoms with Gasteiger partial charge in [-0.05, 0) is 12.8 Å². The summed E-state index contributed by atoms with van der Waals surface area (Å²) in [7, 11) is 1.65. The second-order valence-electron chi connectivity index (χ2n) is 6.53. The first-order chi connectivity index (χ1) is 11.1. The van der Waals surface area contributed by atoms with Crippen LogP contribution >= 0.6 is 0 Å². The molecule has 0 aliphatic carbocycles. The lowest BCUT2D eigenvalue weighted by Gasteiger charge is -2.22.